The maximum Gasteiger partial charge on any atom is 0.276 e. The van der Waals surface area contributed by atoms with E-state index in [4.69, 9.17) is 0 Å². The van der Waals surface area contributed by atoms with Crippen molar-refractivity contribution >= 4 is 34.8 Å². The highest BCUT2D eigenvalue weighted by molar-refractivity contribution is 6.11. The first-order valence-electron chi connectivity index (χ1n) is 12.5. The predicted molar refractivity (Wildman–Crippen MR) is 151 cm³/mol. The molecular formula is C30H30N6O. The number of hydrogen-bond acceptors (Lipinski definition) is 5. The summed E-state index contributed by atoms with van der Waals surface area (Å²) in [5, 5.41) is 11.0. The van der Waals surface area contributed by atoms with Crippen LogP contribution in [-0.4, -0.2) is 52.3 Å². The van der Waals surface area contributed by atoms with E-state index in [1.54, 1.807) is 6.20 Å². The van der Waals surface area contributed by atoms with Crippen molar-refractivity contribution in [3.05, 3.63) is 96.0 Å². The maximum absolute atomic E-state index is 13.1. The zero-order valence-corrected chi connectivity index (χ0v) is 20.9. The first-order chi connectivity index (χ1) is 18.1. The van der Waals surface area contributed by atoms with Crippen molar-refractivity contribution in [1.29, 1.82) is 0 Å². The van der Waals surface area contributed by atoms with Gasteiger partial charge in [0, 0.05) is 23.7 Å². The van der Waals surface area contributed by atoms with E-state index in [9.17, 15) is 4.79 Å². The minimum absolute atomic E-state index is 0.287. The Kier molecular flexibility index (Phi) is 7.33. The highest BCUT2D eigenvalue weighted by Crippen LogP contribution is 2.25. The molecule has 4 aromatic rings. The van der Waals surface area contributed by atoms with Gasteiger partial charge in [-0.3, -0.25) is 24.8 Å². The summed E-state index contributed by atoms with van der Waals surface area (Å²) in [6.07, 6.45) is 8.12. The smallest absolute Gasteiger partial charge is 0.276 e. The van der Waals surface area contributed by atoms with Gasteiger partial charge < -0.3 is 5.32 Å². The molecule has 0 atom stereocenters. The highest BCUT2D eigenvalue weighted by atomic mass is 16.1. The fraction of sp³-hybridized carbons (Fsp3) is 0.200. The lowest BCUT2D eigenvalue weighted by atomic mass is 10.0. The van der Waals surface area contributed by atoms with Crippen molar-refractivity contribution < 1.29 is 4.79 Å². The number of likely N-dealkylation sites (tertiary alicyclic amines) is 1. The number of aromatic amines is 1. The SMILES string of the molecule is C=N/C=C(\C=C(/C)c1ccc2[nH]nc(C(=O)Nc3ccc(-c4ccccc4)nc3)c2c1)CN1CCCC1. The van der Waals surface area contributed by atoms with Crippen LogP contribution in [0.5, 0.6) is 0 Å². The van der Waals surface area contributed by atoms with Crippen LogP contribution in [-0.2, 0) is 0 Å². The number of carbonyl (C=O) groups is 1. The molecule has 1 saturated heterocycles. The van der Waals surface area contributed by atoms with E-state index >= 15 is 0 Å². The van der Waals surface area contributed by atoms with E-state index in [2.05, 4.69) is 50.1 Å². The third-order valence-electron chi connectivity index (χ3n) is 6.59. The van der Waals surface area contributed by atoms with Crippen molar-refractivity contribution in [3.8, 4) is 11.3 Å². The molecule has 5 rings (SSSR count). The van der Waals surface area contributed by atoms with Crippen LogP contribution in [0.3, 0.4) is 0 Å². The second-order valence-electron chi connectivity index (χ2n) is 9.28. The van der Waals surface area contributed by atoms with Gasteiger partial charge in [0.15, 0.2) is 5.69 Å². The van der Waals surface area contributed by atoms with E-state index in [1.165, 1.54) is 12.8 Å². The van der Waals surface area contributed by atoms with Gasteiger partial charge in [0.05, 0.1) is 23.1 Å². The second kappa shape index (κ2) is 11.1. The van der Waals surface area contributed by atoms with Crippen LogP contribution in [0.2, 0.25) is 0 Å². The molecule has 37 heavy (non-hydrogen) atoms. The van der Waals surface area contributed by atoms with Gasteiger partial charge in [0.2, 0.25) is 0 Å². The molecule has 7 heteroatoms. The van der Waals surface area contributed by atoms with Gasteiger partial charge in [-0.15, -0.1) is 0 Å². The number of fused-ring (bicyclic) bond motifs is 1. The molecule has 1 aliphatic rings. The number of pyridine rings is 1. The van der Waals surface area contributed by atoms with Gasteiger partial charge in [0.25, 0.3) is 5.91 Å². The minimum atomic E-state index is -0.287. The van der Waals surface area contributed by atoms with Crippen LogP contribution in [0.15, 0.2) is 89.7 Å². The fourth-order valence-corrected chi connectivity index (χ4v) is 4.67. The Morgan fingerprint density at radius 1 is 1.14 bits per heavy atom. The van der Waals surface area contributed by atoms with Crippen LogP contribution in [0.4, 0.5) is 5.69 Å². The summed E-state index contributed by atoms with van der Waals surface area (Å²) in [6.45, 7) is 8.80. The van der Waals surface area contributed by atoms with E-state index < -0.39 is 0 Å². The number of nitrogens with one attached hydrogen (secondary N) is 2. The van der Waals surface area contributed by atoms with Crippen molar-refractivity contribution in [2.24, 2.45) is 4.99 Å². The van der Waals surface area contributed by atoms with Crippen molar-refractivity contribution in [2.45, 2.75) is 19.8 Å². The quantitative estimate of drug-likeness (QED) is 0.236. The average Bonchev–Trinajstić information content (AvgIpc) is 3.59. The van der Waals surface area contributed by atoms with Gasteiger partial charge in [-0.2, -0.15) is 5.10 Å². The van der Waals surface area contributed by atoms with Gasteiger partial charge in [-0.05, 0) is 80.5 Å². The lowest BCUT2D eigenvalue weighted by molar-refractivity contribution is 0.102. The largest absolute Gasteiger partial charge is 0.319 e. The molecule has 2 aromatic heterocycles. The van der Waals surface area contributed by atoms with Gasteiger partial charge in [0.1, 0.15) is 0 Å². The number of allylic oxidation sites excluding steroid dienone is 1. The molecule has 186 valence electrons. The number of rotatable bonds is 8. The number of hydrogen-bond donors (Lipinski definition) is 2. The fourth-order valence-electron chi connectivity index (χ4n) is 4.67. The third-order valence-corrected chi connectivity index (χ3v) is 6.59. The number of benzene rings is 2. The Hall–Kier alpha value is -4.36. The third kappa shape index (κ3) is 5.73. The van der Waals surface area contributed by atoms with Crippen LogP contribution in [0, 0.1) is 0 Å². The zero-order chi connectivity index (χ0) is 25.6. The standard InChI is InChI=1S/C30H30N6O/c1-21(16-22(18-31-2)20-36-14-6-7-15-36)24-10-12-28-26(17-24)29(35-34-28)30(37)33-25-11-13-27(32-19-25)23-8-4-3-5-9-23/h3-5,8-13,16-19H,2,6-7,14-15,20H2,1H3,(H,33,37)(H,34,35)/b21-16+,22-18+. The van der Waals surface area contributed by atoms with Crippen LogP contribution >= 0.6 is 0 Å². The summed E-state index contributed by atoms with van der Waals surface area (Å²) in [7, 11) is 0. The maximum atomic E-state index is 13.1. The number of H-pyrrole nitrogens is 1. The molecule has 2 aromatic carbocycles. The van der Waals surface area contributed by atoms with E-state index in [1.807, 2.05) is 66.9 Å². The van der Waals surface area contributed by atoms with Crippen molar-refractivity contribution in [2.75, 3.05) is 25.0 Å². The summed E-state index contributed by atoms with van der Waals surface area (Å²) in [4.78, 5) is 24.0. The topological polar surface area (TPSA) is 86.3 Å². The lowest BCUT2D eigenvalue weighted by Crippen LogP contribution is -2.21. The van der Waals surface area contributed by atoms with Crippen LogP contribution in [0.25, 0.3) is 27.7 Å². The van der Waals surface area contributed by atoms with Crippen LogP contribution in [0.1, 0.15) is 35.8 Å². The van der Waals surface area contributed by atoms with E-state index in [-0.39, 0.29) is 5.91 Å². The molecule has 0 aliphatic carbocycles. The number of carbonyl (C=O) groups excluding carboxylic acids is 1. The monoisotopic (exact) mass is 490 g/mol. The number of anilines is 1. The molecule has 0 unspecified atom stereocenters. The molecule has 0 saturated carbocycles. The normalized spacial score (nSPS) is 14.7. The predicted octanol–water partition coefficient (Wildman–Crippen LogP) is 5.96. The Labute approximate surface area is 216 Å². The summed E-state index contributed by atoms with van der Waals surface area (Å²) in [6, 6.07) is 19.7. The Balaban J connectivity index is 1.35. The first-order valence-corrected chi connectivity index (χ1v) is 12.5. The van der Waals surface area contributed by atoms with Gasteiger partial charge in [-0.25, -0.2) is 0 Å². The average molecular weight is 491 g/mol. The lowest BCUT2D eigenvalue weighted by Gasteiger charge is -2.15. The molecule has 0 spiro atoms. The minimum Gasteiger partial charge on any atom is -0.319 e. The second-order valence-corrected chi connectivity index (χ2v) is 9.28. The number of aliphatic imine (C=N–C) groups is 1. The summed E-state index contributed by atoms with van der Waals surface area (Å²) in [5.74, 6) is -0.287. The number of aromatic nitrogens is 3. The molecule has 1 amide bonds. The molecule has 1 aliphatic heterocycles. The van der Waals surface area contributed by atoms with E-state index in [0.717, 1.165) is 58.5 Å². The zero-order valence-electron chi connectivity index (χ0n) is 20.9. The Morgan fingerprint density at radius 2 is 1.95 bits per heavy atom. The summed E-state index contributed by atoms with van der Waals surface area (Å²) < 4.78 is 0. The highest BCUT2D eigenvalue weighted by Gasteiger charge is 2.16. The molecule has 0 bridgehead atoms. The van der Waals surface area contributed by atoms with Crippen molar-refractivity contribution in [3.63, 3.8) is 0 Å². The first kappa shape index (κ1) is 24.3. The molecule has 2 N–H and O–H groups in total. The van der Waals surface area contributed by atoms with Crippen molar-refractivity contribution in [1.82, 2.24) is 20.1 Å². The van der Waals surface area contributed by atoms with Gasteiger partial charge in [-0.1, -0.05) is 42.5 Å². The van der Waals surface area contributed by atoms with E-state index in [0.29, 0.717) is 11.4 Å². The van der Waals surface area contributed by atoms with Gasteiger partial charge >= 0.3 is 0 Å². The molecule has 7 nitrogen and oxygen atoms in total. The molecule has 0 radical (unpaired) electrons. The summed E-state index contributed by atoms with van der Waals surface area (Å²) in [5.41, 5.74) is 6.86. The molecule has 1 fully saturated rings. The van der Waals surface area contributed by atoms with Crippen LogP contribution < -0.4 is 5.32 Å². The molecular weight excluding hydrogens is 460 g/mol. The Morgan fingerprint density at radius 3 is 2.68 bits per heavy atom. The number of amides is 1. The Bertz CT molecular complexity index is 1460. The molecule has 3 heterocycles. The summed E-state index contributed by atoms with van der Waals surface area (Å²) >= 11 is 0. The number of nitrogens with zero attached hydrogens (tertiary/aromatic N) is 4.